The Bertz CT molecular complexity index is 742. The molecule has 1 aliphatic rings. The standard InChI is InChI=1S/C18H15NO4/c1-12(17(20)21)19-15(13-8-4-2-5-9-13)16(23-18(19)22)14-10-6-3-7-11-14/h2-11,15-16H,1H2,(H,20,21)/t15-,16+/m1/s1. The van der Waals surface area contributed by atoms with Crippen LogP contribution in [0.3, 0.4) is 0 Å². The van der Waals surface area contributed by atoms with E-state index in [2.05, 4.69) is 6.58 Å². The number of carboxylic acid groups (broad SMARTS) is 1. The topological polar surface area (TPSA) is 66.8 Å². The van der Waals surface area contributed by atoms with Crippen molar-refractivity contribution < 1.29 is 19.4 Å². The van der Waals surface area contributed by atoms with Gasteiger partial charge in [-0.15, -0.1) is 0 Å². The highest BCUT2D eigenvalue weighted by molar-refractivity contribution is 5.91. The molecule has 2 aromatic carbocycles. The van der Waals surface area contributed by atoms with Crippen molar-refractivity contribution in [2.45, 2.75) is 12.1 Å². The molecule has 0 spiro atoms. The Hall–Kier alpha value is -3.08. The van der Waals surface area contributed by atoms with Crippen LogP contribution in [0, 0.1) is 0 Å². The second kappa shape index (κ2) is 5.96. The molecular formula is C18H15NO4. The van der Waals surface area contributed by atoms with Crippen molar-refractivity contribution in [1.82, 2.24) is 4.90 Å². The van der Waals surface area contributed by atoms with Gasteiger partial charge in [-0.2, -0.15) is 0 Å². The van der Waals surface area contributed by atoms with E-state index in [9.17, 15) is 14.7 Å². The van der Waals surface area contributed by atoms with Crippen molar-refractivity contribution in [3.63, 3.8) is 0 Å². The molecule has 0 aromatic heterocycles. The van der Waals surface area contributed by atoms with Gasteiger partial charge in [0, 0.05) is 0 Å². The van der Waals surface area contributed by atoms with Gasteiger partial charge in [-0.1, -0.05) is 67.2 Å². The lowest BCUT2D eigenvalue weighted by atomic mass is 9.95. The van der Waals surface area contributed by atoms with E-state index in [1.165, 1.54) is 0 Å². The van der Waals surface area contributed by atoms with E-state index in [0.717, 1.165) is 16.0 Å². The third-order valence-electron chi connectivity index (χ3n) is 3.80. The average Bonchev–Trinajstić information content (AvgIpc) is 2.93. The lowest BCUT2D eigenvalue weighted by Crippen LogP contribution is -2.30. The van der Waals surface area contributed by atoms with Gasteiger partial charge < -0.3 is 9.84 Å². The molecule has 1 aliphatic heterocycles. The molecule has 0 radical (unpaired) electrons. The molecule has 0 bridgehead atoms. The molecule has 1 fully saturated rings. The Morgan fingerprint density at radius 2 is 1.52 bits per heavy atom. The third kappa shape index (κ3) is 2.68. The number of carbonyl (C=O) groups excluding carboxylic acids is 1. The number of carbonyl (C=O) groups is 2. The van der Waals surface area contributed by atoms with Gasteiger partial charge in [0.2, 0.25) is 0 Å². The van der Waals surface area contributed by atoms with Crippen molar-refractivity contribution in [3.8, 4) is 0 Å². The van der Waals surface area contributed by atoms with Gasteiger partial charge in [0.05, 0.1) is 0 Å². The Morgan fingerprint density at radius 1 is 1.00 bits per heavy atom. The number of amides is 1. The van der Waals surface area contributed by atoms with E-state index in [1.807, 2.05) is 60.7 Å². The van der Waals surface area contributed by atoms with E-state index < -0.39 is 24.2 Å². The van der Waals surface area contributed by atoms with Crippen LogP contribution in [0.15, 0.2) is 72.9 Å². The summed E-state index contributed by atoms with van der Waals surface area (Å²) in [5.41, 5.74) is 1.28. The Labute approximate surface area is 133 Å². The smallest absolute Gasteiger partial charge is 0.415 e. The van der Waals surface area contributed by atoms with Crippen LogP contribution in [-0.4, -0.2) is 22.1 Å². The summed E-state index contributed by atoms with van der Waals surface area (Å²) >= 11 is 0. The third-order valence-corrected chi connectivity index (χ3v) is 3.80. The van der Waals surface area contributed by atoms with Gasteiger partial charge in [0.1, 0.15) is 11.7 Å². The maximum Gasteiger partial charge on any atom is 0.415 e. The van der Waals surface area contributed by atoms with Crippen LogP contribution in [0.4, 0.5) is 4.79 Å². The zero-order valence-corrected chi connectivity index (χ0v) is 12.3. The number of hydrogen-bond acceptors (Lipinski definition) is 3. The van der Waals surface area contributed by atoms with E-state index in [0.29, 0.717) is 0 Å². The van der Waals surface area contributed by atoms with Crippen molar-refractivity contribution >= 4 is 12.1 Å². The first-order valence-corrected chi connectivity index (χ1v) is 7.11. The summed E-state index contributed by atoms with van der Waals surface area (Å²) in [5.74, 6) is -1.25. The quantitative estimate of drug-likeness (QED) is 0.878. The van der Waals surface area contributed by atoms with E-state index in [4.69, 9.17) is 4.74 Å². The first-order chi connectivity index (χ1) is 11.1. The largest absolute Gasteiger partial charge is 0.477 e. The van der Waals surface area contributed by atoms with Crippen LogP contribution in [-0.2, 0) is 9.53 Å². The molecule has 3 rings (SSSR count). The molecule has 1 amide bonds. The summed E-state index contributed by atoms with van der Waals surface area (Å²) in [6, 6.07) is 17.9. The monoisotopic (exact) mass is 309 g/mol. The highest BCUT2D eigenvalue weighted by atomic mass is 16.6. The molecule has 23 heavy (non-hydrogen) atoms. The number of hydrogen-bond donors (Lipinski definition) is 1. The zero-order chi connectivity index (χ0) is 16.4. The van der Waals surface area contributed by atoms with Gasteiger partial charge in [-0.25, -0.2) is 9.59 Å². The fraction of sp³-hybridized carbons (Fsp3) is 0.111. The zero-order valence-electron chi connectivity index (χ0n) is 12.3. The Kier molecular flexibility index (Phi) is 3.85. The molecule has 2 aromatic rings. The highest BCUT2D eigenvalue weighted by Crippen LogP contribution is 2.44. The van der Waals surface area contributed by atoms with Gasteiger partial charge in [0.15, 0.2) is 6.10 Å². The molecule has 0 saturated carbocycles. The van der Waals surface area contributed by atoms with E-state index in [-0.39, 0.29) is 5.70 Å². The van der Waals surface area contributed by atoms with Crippen LogP contribution >= 0.6 is 0 Å². The molecule has 1 heterocycles. The Morgan fingerprint density at radius 3 is 2.04 bits per heavy atom. The number of benzene rings is 2. The minimum atomic E-state index is -1.25. The van der Waals surface area contributed by atoms with E-state index >= 15 is 0 Å². The molecule has 0 aliphatic carbocycles. The average molecular weight is 309 g/mol. The molecule has 5 heteroatoms. The lowest BCUT2D eigenvalue weighted by molar-refractivity contribution is -0.134. The number of nitrogens with zero attached hydrogens (tertiary/aromatic N) is 1. The summed E-state index contributed by atoms with van der Waals surface area (Å²) in [4.78, 5) is 24.7. The first kappa shape index (κ1) is 14.8. The number of cyclic esters (lactones) is 1. The summed E-state index contributed by atoms with van der Waals surface area (Å²) in [6.45, 7) is 3.52. The SMILES string of the molecule is C=C(C(=O)O)N1C(=O)O[C@@H](c2ccccc2)[C@H]1c1ccccc1. The molecular weight excluding hydrogens is 294 g/mol. The first-order valence-electron chi connectivity index (χ1n) is 7.11. The molecule has 2 atom stereocenters. The maximum absolute atomic E-state index is 12.3. The van der Waals surface area contributed by atoms with Gasteiger partial charge >= 0.3 is 12.1 Å². The minimum absolute atomic E-state index is 0.303. The van der Waals surface area contributed by atoms with E-state index in [1.54, 1.807) is 0 Å². The number of rotatable bonds is 4. The Balaban J connectivity index is 2.09. The number of ether oxygens (including phenoxy) is 1. The highest BCUT2D eigenvalue weighted by Gasteiger charge is 2.46. The van der Waals surface area contributed by atoms with Crippen molar-refractivity contribution in [2.75, 3.05) is 0 Å². The lowest BCUT2D eigenvalue weighted by Gasteiger charge is -2.24. The van der Waals surface area contributed by atoms with Crippen LogP contribution in [0.5, 0.6) is 0 Å². The predicted molar refractivity (Wildman–Crippen MR) is 83.5 cm³/mol. The summed E-state index contributed by atoms with van der Waals surface area (Å²) < 4.78 is 5.46. The second-order valence-corrected chi connectivity index (χ2v) is 5.19. The molecule has 5 nitrogen and oxygen atoms in total. The van der Waals surface area contributed by atoms with Crippen LogP contribution < -0.4 is 0 Å². The van der Waals surface area contributed by atoms with Gasteiger partial charge in [-0.3, -0.25) is 4.90 Å². The second-order valence-electron chi connectivity index (χ2n) is 5.19. The van der Waals surface area contributed by atoms with Crippen LogP contribution in [0.1, 0.15) is 23.3 Å². The maximum atomic E-state index is 12.3. The minimum Gasteiger partial charge on any atom is -0.477 e. The molecule has 1 saturated heterocycles. The summed E-state index contributed by atoms with van der Waals surface area (Å²) in [5, 5.41) is 9.23. The van der Waals surface area contributed by atoms with Crippen molar-refractivity contribution in [2.24, 2.45) is 0 Å². The fourth-order valence-electron chi connectivity index (χ4n) is 2.73. The predicted octanol–water partition coefficient (Wildman–Crippen LogP) is 3.52. The fourth-order valence-corrected chi connectivity index (χ4v) is 2.73. The summed E-state index contributed by atoms with van der Waals surface area (Å²) in [6.07, 6.45) is -1.30. The van der Waals surface area contributed by atoms with Crippen LogP contribution in [0.2, 0.25) is 0 Å². The normalized spacial score (nSPS) is 20.2. The molecule has 1 N–H and O–H groups in total. The molecule has 0 unspecified atom stereocenters. The molecule has 116 valence electrons. The van der Waals surface area contributed by atoms with Crippen molar-refractivity contribution in [1.29, 1.82) is 0 Å². The number of carboxylic acids is 1. The van der Waals surface area contributed by atoms with Gasteiger partial charge in [-0.05, 0) is 11.1 Å². The number of aliphatic carboxylic acids is 1. The van der Waals surface area contributed by atoms with Crippen molar-refractivity contribution in [3.05, 3.63) is 84.1 Å². The van der Waals surface area contributed by atoms with Gasteiger partial charge in [0.25, 0.3) is 0 Å². The summed E-state index contributed by atoms with van der Waals surface area (Å²) in [7, 11) is 0. The van der Waals surface area contributed by atoms with Crippen LogP contribution in [0.25, 0.3) is 0 Å².